The van der Waals surface area contributed by atoms with Gasteiger partial charge in [-0.1, -0.05) is 73.1 Å². The second kappa shape index (κ2) is 18.3. The molecule has 0 heterocycles. The summed E-state index contributed by atoms with van der Waals surface area (Å²) >= 11 is 0. The molecule has 0 aromatic carbocycles. The summed E-state index contributed by atoms with van der Waals surface area (Å²) in [5.41, 5.74) is 0.392. The van der Waals surface area contributed by atoms with Crippen molar-refractivity contribution in [3.8, 4) is 0 Å². The first kappa shape index (κ1) is 29.2. The standard InChI is InChI=1S/2C10H20O2.Fe/c1-10(2,3)8-6-4-5-7-9(11)12;1-9(2)7-5-3-4-6-8-10(11)12;/h4-8H2,1-3H3,(H,11,12);9H,3-8H2,1-2H3,(H,11,12);. The molecule has 0 aliphatic rings. The van der Waals surface area contributed by atoms with Crippen molar-refractivity contribution in [3.63, 3.8) is 0 Å². The second-order valence-electron chi connectivity index (χ2n) is 8.26. The first-order chi connectivity index (χ1) is 11.0. The van der Waals surface area contributed by atoms with Crippen LogP contribution in [0, 0.1) is 11.3 Å². The molecule has 0 aliphatic heterocycles. The van der Waals surface area contributed by atoms with E-state index >= 15 is 0 Å². The number of unbranched alkanes of at least 4 members (excludes halogenated alkanes) is 5. The summed E-state index contributed by atoms with van der Waals surface area (Å²) in [5.74, 6) is -0.561. The Balaban J connectivity index is -0.000000372. The van der Waals surface area contributed by atoms with Crippen molar-refractivity contribution in [2.75, 3.05) is 0 Å². The van der Waals surface area contributed by atoms with Gasteiger partial charge in [0.15, 0.2) is 0 Å². The molecule has 0 aromatic rings. The predicted octanol–water partition coefficient (Wildman–Crippen LogP) is 6.13. The average Bonchev–Trinajstić information content (AvgIpc) is 2.41. The van der Waals surface area contributed by atoms with Crippen LogP contribution in [-0.4, -0.2) is 22.2 Å². The van der Waals surface area contributed by atoms with Crippen molar-refractivity contribution in [1.82, 2.24) is 0 Å². The molecule has 0 bridgehead atoms. The predicted molar refractivity (Wildman–Crippen MR) is 100 cm³/mol. The van der Waals surface area contributed by atoms with Crippen molar-refractivity contribution < 1.29 is 36.9 Å². The van der Waals surface area contributed by atoms with E-state index in [1.54, 1.807) is 0 Å². The van der Waals surface area contributed by atoms with Gasteiger partial charge >= 0.3 is 11.9 Å². The van der Waals surface area contributed by atoms with E-state index in [-0.39, 0.29) is 17.1 Å². The molecule has 0 fully saturated rings. The zero-order valence-corrected chi connectivity index (χ0v) is 18.0. The van der Waals surface area contributed by atoms with Gasteiger partial charge in [0.2, 0.25) is 0 Å². The van der Waals surface area contributed by atoms with E-state index in [2.05, 4.69) is 34.6 Å². The Labute approximate surface area is 165 Å². The Bertz CT molecular complexity index is 322. The Morgan fingerprint density at radius 2 is 1.16 bits per heavy atom. The number of carboxylic acid groups (broad SMARTS) is 2. The number of carbonyl (C=O) groups is 2. The maximum atomic E-state index is 10.2. The van der Waals surface area contributed by atoms with Crippen LogP contribution in [0.5, 0.6) is 0 Å². The van der Waals surface area contributed by atoms with Crippen LogP contribution in [0.25, 0.3) is 0 Å². The van der Waals surface area contributed by atoms with Crippen molar-refractivity contribution in [3.05, 3.63) is 0 Å². The van der Waals surface area contributed by atoms with Gasteiger partial charge in [-0.05, 0) is 30.6 Å². The summed E-state index contributed by atoms with van der Waals surface area (Å²) in [5, 5.41) is 16.7. The summed E-state index contributed by atoms with van der Waals surface area (Å²) in [6.45, 7) is 11.1. The molecule has 0 radical (unpaired) electrons. The monoisotopic (exact) mass is 400 g/mol. The molecule has 0 saturated carbocycles. The van der Waals surface area contributed by atoms with Crippen molar-refractivity contribution in [2.45, 2.75) is 105 Å². The van der Waals surface area contributed by atoms with Gasteiger partial charge in [-0.25, -0.2) is 0 Å². The van der Waals surface area contributed by atoms with Crippen molar-refractivity contribution in [2.24, 2.45) is 11.3 Å². The molecule has 0 amide bonds. The van der Waals surface area contributed by atoms with Gasteiger partial charge in [0.1, 0.15) is 0 Å². The second-order valence-corrected chi connectivity index (χ2v) is 8.26. The molecular weight excluding hydrogens is 360 g/mol. The Kier molecular flexibility index (Phi) is 21.3. The molecular formula is C20H40FeO4. The van der Waals surface area contributed by atoms with Crippen LogP contribution in [0.4, 0.5) is 0 Å². The number of aliphatic carboxylic acids is 2. The molecule has 0 rings (SSSR count). The third kappa shape index (κ3) is 35.4. The van der Waals surface area contributed by atoms with Gasteiger partial charge in [0, 0.05) is 29.9 Å². The quantitative estimate of drug-likeness (QED) is 0.305. The van der Waals surface area contributed by atoms with E-state index in [0.717, 1.165) is 38.0 Å². The molecule has 2 N–H and O–H groups in total. The van der Waals surface area contributed by atoms with E-state index in [0.29, 0.717) is 18.3 Å². The Morgan fingerprint density at radius 3 is 1.52 bits per heavy atom. The largest absolute Gasteiger partial charge is 0.481 e. The Hall–Kier alpha value is -0.541. The SMILES string of the molecule is CC(C)(C)CCCCCC(=O)O.CC(C)CCCCCCC(=O)O.[Fe]. The maximum Gasteiger partial charge on any atom is 0.303 e. The first-order valence-corrected chi connectivity index (χ1v) is 9.48. The van der Waals surface area contributed by atoms with E-state index in [1.165, 1.54) is 25.7 Å². The van der Waals surface area contributed by atoms with Crippen LogP contribution in [0.2, 0.25) is 0 Å². The molecule has 0 aliphatic carbocycles. The van der Waals surface area contributed by atoms with Gasteiger partial charge in [-0.15, -0.1) is 0 Å². The van der Waals surface area contributed by atoms with Gasteiger partial charge in [-0.2, -0.15) is 0 Å². The summed E-state index contributed by atoms with van der Waals surface area (Å²) in [6.07, 6.45) is 10.5. The molecule has 0 aromatic heterocycles. The molecule has 0 spiro atoms. The zero-order chi connectivity index (χ0) is 19.0. The summed E-state index contributed by atoms with van der Waals surface area (Å²) < 4.78 is 0. The smallest absolute Gasteiger partial charge is 0.303 e. The molecule has 152 valence electrons. The van der Waals surface area contributed by atoms with Crippen LogP contribution in [-0.2, 0) is 26.7 Å². The minimum Gasteiger partial charge on any atom is -0.481 e. The summed E-state index contributed by atoms with van der Waals surface area (Å²) in [4.78, 5) is 20.3. The van der Waals surface area contributed by atoms with Gasteiger partial charge < -0.3 is 10.2 Å². The van der Waals surface area contributed by atoms with Crippen LogP contribution in [0.15, 0.2) is 0 Å². The third-order valence-corrected chi connectivity index (χ3v) is 3.74. The number of hydrogen-bond donors (Lipinski definition) is 2. The third-order valence-electron chi connectivity index (χ3n) is 3.74. The van der Waals surface area contributed by atoms with Crippen molar-refractivity contribution >= 4 is 11.9 Å². The van der Waals surface area contributed by atoms with Crippen LogP contribution < -0.4 is 0 Å². The summed E-state index contributed by atoms with van der Waals surface area (Å²) in [7, 11) is 0. The van der Waals surface area contributed by atoms with E-state index < -0.39 is 11.9 Å². The first-order valence-electron chi connectivity index (χ1n) is 9.48. The molecule has 0 unspecified atom stereocenters. The number of carboxylic acids is 2. The fourth-order valence-electron chi connectivity index (χ4n) is 2.29. The van der Waals surface area contributed by atoms with Crippen LogP contribution >= 0.6 is 0 Å². The minimum absolute atomic E-state index is 0. The van der Waals surface area contributed by atoms with Crippen molar-refractivity contribution in [1.29, 1.82) is 0 Å². The zero-order valence-electron chi connectivity index (χ0n) is 16.9. The molecule has 4 nitrogen and oxygen atoms in total. The van der Waals surface area contributed by atoms with Crippen LogP contribution in [0.1, 0.15) is 105 Å². The fraction of sp³-hybridized carbons (Fsp3) is 0.900. The average molecular weight is 400 g/mol. The molecule has 5 heteroatoms. The number of rotatable bonds is 12. The van der Waals surface area contributed by atoms with E-state index in [4.69, 9.17) is 10.2 Å². The Morgan fingerprint density at radius 1 is 0.760 bits per heavy atom. The normalized spacial score (nSPS) is 10.6. The summed E-state index contributed by atoms with van der Waals surface area (Å²) in [6, 6.07) is 0. The van der Waals surface area contributed by atoms with E-state index in [1.807, 2.05) is 0 Å². The number of hydrogen-bond acceptors (Lipinski definition) is 2. The topological polar surface area (TPSA) is 74.6 Å². The molecule has 25 heavy (non-hydrogen) atoms. The van der Waals surface area contributed by atoms with Gasteiger partial charge in [-0.3, -0.25) is 9.59 Å². The van der Waals surface area contributed by atoms with Gasteiger partial charge in [0.25, 0.3) is 0 Å². The molecule has 0 atom stereocenters. The van der Waals surface area contributed by atoms with Gasteiger partial charge in [0.05, 0.1) is 0 Å². The van der Waals surface area contributed by atoms with Crippen LogP contribution in [0.3, 0.4) is 0 Å². The fourth-order valence-corrected chi connectivity index (χ4v) is 2.29. The molecule has 0 saturated heterocycles. The maximum absolute atomic E-state index is 10.2. The minimum atomic E-state index is -0.675. The van der Waals surface area contributed by atoms with E-state index in [9.17, 15) is 9.59 Å².